The maximum absolute atomic E-state index is 12.1. The fraction of sp³-hybridized carbons (Fsp3) is 0.700. The van der Waals surface area contributed by atoms with Crippen molar-refractivity contribution >= 4 is 11.6 Å². The summed E-state index contributed by atoms with van der Waals surface area (Å²) in [5, 5.41) is 0. The monoisotopic (exact) mass is 298 g/mol. The third-order valence-corrected chi connectivity index (χ3v) is 7.43. The van der Waals surface area contributed by atoms with Crippen molar-refractivity contribution in [1.82, 2.24) is 0 Å². The van der Waals surface area contributed by atoms with Gasteiger partial charge in [-0.3, -0.25) is 9.59 Å². The Morgan fingerprint density at radius 3 is 2.64 bits per heavy atom. The smallest absolute Gasteiger partial charge is 0.156 e. The zero-order valence-electron chi connectivity index (χ0n) is 13.9. The summed E-state index contributed by atoms with van der Waals surface area (Å²) < 4.78 is 0. The third-order valence-electron chi connectivity index (χ3n) is 7.43. The molecule has 0 saturated heterocycles. The second-order valence-electron chi connectivity index (χ2n) is 8.72. The molecule has 0 aromatic heterocycles. The zero-order valence-corrected chi connectivity index (χ0v) is 13.9. The quantitative estimate of drug-likeness (QED) is 0.670. The number of rotatable bonds is 0. The van der Waals surface area contributed by atoms with E-state index < -0.39 is 0 Å². The van der Waals surface area contributed by atoms with E-state index in [0.29, 0.717) is 30.0 Å². The Labute approximate surface area is 133 Å². The molecule has 0 aliphatic heterocycles. The largest absolute Gasteiger partial charge is 0.300 e. The predicted octanol–water partition coefficient (Wildman–Crippen LogP) is 4.25. The lowest BCUT2D eigenvalue weighted by atomic mass is 9.48. The van der Waals surface area contributed by atoms with Crippen LogP contribution in [0.25, 0.3) is 0 Å². The van der Waals surface area contributed by atoms with Gasteiger partial charge in [0, 0.05) is 19.3 Å². The van der Waals surface area contributed by atoms with Crippen LogP contribution in [0, 0.1) is 28.6 Å². The van der Waals surface area contributed by atoms with Gasteiger partial charge in [-0.25, -0.2) is 0 Å². The average Bonchev–Trinajstić information content (AvgIpc) is 2.75. The molecule has 4 rings (SSSR count). The van der Waals surface area contributed by atoms with Gasteiger partial charge < -0.3 is 0 Å². The summed E-state index contributed by atoms with van der Waals surface area (Å²) in [5.74, 6) is 2.42. The first kappa shape index (κ1) is 14.4. The molecule has 0 heterocycles. The van der Waals surface area contributed by atoms with Gasteiger partial charge in [0.2, 0.25) is 0 Å². The molecule has 5 unspecified atom stereocenters. The molecule has 0 amide bonds. The molecule has 5 atom stereocenters. The van der Waals surface area contributed by atoms with Gasteiger partial charge in [-0.2, -0.15) is 0 Å². The van der Waals surface area contributed by atoms with E-state index in [4.69, 9.17) is 0 Å². The van der Waals surface area contributed by atoms with E-state index in [9.17, 15) is 9.59 Å². The number of Topliss-reactive ketones (excluding diaryl/α,β-unsaturated/α-hetero) is 1. The lowest BCUT2D eigenvalue weighted by molar-refractivity contribution is -0.118. The molecule has 0 aromatic rings. The van der Waals surface area contributed by atoms with Crippen molar-refractivity contribution in [3.63, 3.8) is 0 Å². The molecule has 118 valence electrons. The van der Waals surface area contributed by atoms with Gasteiger partial charge in [0.05, 0.1) is 0 Å². The fourth-order valence-corrected chi connectivity index (χ4v) is 6.16. The van der Waals surface area contributed by atoms with Crippen molar-refractivity contribution in [2.45, 2.75) is 59.3 Å². The number of ketones is 2. The SMILES string of the molecule is CC1=CC2=CC(=O)CCC2(C)C2CCC3(C)CC(=O)CC3C12. The summed E-state index contributed by atoms with van der Waals surface area (Å²) in [7, 11) is 0. The summed E-state index contributed by atoms with van der Waals surface area (Å²) in [4.78, 5) is 24.0. The molecule has 2 saturated carbocycles. The topological polar surface area (TPSA) is 34.1 Å². The van der Waals surface area contributed by atoms with E-state index in [-0.39, 0.29) is 16.6 Å². The van der Waals surface area contributed by atoms with E-state index in [2.05, 4.69) is 26.8 Å². The van der Waals surface area contributed by atoms with Crippen molar-refractivity contribution in [2.75, 3.05) is 0 Å². The van der Waals surface area contributed by atoms with Gasteiger partial charge in [0.1, 0.15) is 5.78 Å². The molecule has 22 heavy (non-hydrogen) atoms. The van der Waals surface area contributed by atoms with Crippen molar-refractivity contribution < 1.29 is 9.59 Å². The number of hydrogen-bond donors (Lipinski definition) is 0. The van der Waals surface area contributed by atoms with Crippen molar-refractivity contribution in [2.24, 2.45) is 28.6 Å². The Morgan fingerprint density at radius 2 is 1.86 bits per heavy atom. The number of hydrogen-bond acceptors (Lipinski definition) is 2. The highest BCUT2D eigenvalue weighted by Crippen LogP contribution is 2.64. The van der Waals surface area contributed by atoms with Gasteiger partial charge in [-0.05, 0) is 66.4 Å². The summed E-state index contributed by atoms with van der Waals surface area (Å²) >= 11 is 0. The summed E-state index contributed by atoms with van der Waals surface area (Å²) in [6.45, 7) is 6.93. The molecule has 2 fully saturated rings. The van der Waals surface area contributed by atoms with Crippen molar-refractivity contribution in [1.29, 1.82) is 0 Å². The van der Waals surface area contributed by atoms with E-state index in [1.807, 2.05) is 6.08 Å². The molecular weight excluding hydrogens is 272 g/mol. The zero-order chi connectivity index (χ0) is 15.7. The van der Waals surface area contributed by atoms with Crippen LogP contribution in [0.4, 0.5) is 0 Å². The minimum absolute atomic E-state index is 0.144. The number of carbonyl (C=O) groups is 2. The summed E-state index contributed by atoms with van der Waals surface area (Å²) in [6.07, 6.45) is 9.80. The highest BCUT2D eigenvalue weighted by molar-refractivity contribution is 5.92. The van der Waals surface area contributed by atoms with Gasteiger partial charge in [0.15, 0.2) is 5.78 Å². The predicted molar refractivity (Wildman–Crippen MR) is 86.2 cm³/mol. The van der Waals surface area contributed by atoms with Gasteiger partial charge >= 0.3 is 0 Å². The first-order valence-electron chi connectivity index (χ1n) is 8.78. The molecule has 4 aliphatic carbocycles. The van der Waals surface area contributed by atoms with E-state index >= 15 is 0 Å². The van der Waals surface area contributed by atoms with Crippen LogP contribution in [0.2, 0.25) is 0 Å². The van der Waals surface area contributed by atoms with Gasteiger partial charge in [-0.15, -0.1) is 0 Å². The first-order chi connectivity index (χ1) is 10.3. The Bertz CT molecular complexity index is 626. The van der Waals surface area contributed by atoms with Crippen LogP contribution < -0.4 is 0 Å². The van der Waals surface area contributed by atoms with E-state index in [0.717, 1.165) is 19.3 Å². The first-order valence-corrected chi connectivity index (χ1v) is 8.78. The Hall–Kier alpha value is -1.18. The van der Waals surface area contributed by atoms with Crippen LogP contribution >= 0.6 is 0 Å². The average molecular weight is 298 g/mol. The molecule has 0 radical (unpaired) electrons. The van der Waals surface area contributed by atoms with Crippen LogP contribution in [0.5, 0.6) is 0 Å². The minimum Gasteiger partial charge on any atom is -0.300 e. The van der Waals surface area contributed by atoms with E-state index in [1.165, 1.54) is 24.0 Å². The minimum atomic E-state index is 0.144. The summed E-state index contributed by atoms with van der Waals surface area (Å²) in [5.41, 5.74) is 3.03. The van der Waals surface area contributed by atoms with Crippen molar-refractivity contribution in [3.8, 4) is 0 Å². The summed E-state index contributed by atoms with van der Waals surface area (Å²) in [6, 6.07) is 0. The van der Waals surface area contributed by atoms with Crippen LogP contribution in [0.3, 0.4) is 0 Å². The molecule has 4 aliphatic rings. The molecule has 2 heteroatoms. The number of carbonyl (C=O) groups excluding carboxylic acids is 2. The second kappa shape index (κ2) is 4.43. The van der Waals surface area contributed by atoms with E-state index in [1.54, 1.807) is 0 Å². The second-order valence-corrected chi connectivity index (χ2v) is 8.72. The Balaban J connectivity index is 1.81. The lowest BCUT2D eigenvalue weighted by Crippen LogP contribution is -2.48. The lowest BCUT2D eigenvalue weighted by Gasteiger charge is -2.56. The standard InChI is InChI=1S/C20H26O2/c1-12-8-13-9-14(21)4-7-20(13,3)16-5-6-19(2)11-15(22)10-17(19)18(12)16/h8-9,16-18H,4-7,10-11H2,1-3H3. The van der Waals surface area contributed by atoms with Crippen LogP contribution in [-0.4, -0.2) is 11.6 Å². The molecule has 0 N–H and O–H groups in total. The molecule has 0 aromatic carbocycles. The fourth-order valence-electron chi connectivity index (χ4n) is 6.16. The molecule has 0 spiro atoms. The molecule has 0 bridgehead atoms. The molecular formula is C20H26O2. The molecule has 2 nitrogen and oxygen atoms in total. The third kappa shape index (κ3) is 1.79. The van der Waals surface area contributed by atoms with Gasteiger partial charge in [0.25, 0.3) is 0 Å². The number of allylic oxidation sites excluding steroid dienone is 4. The highest BCUT2D eigenvalue weighted by atomic mass is 16.1. The maximum Gasteiger partial charge on any atom is 0.156 e. The van der Waals surface area contributed by atoms with Crippen LogP contribution in [0.15, 0.2) is 23.3 Å². The van der Waals surface area contributed by atoms with Crippen LogP contribution in [0.1, 0.15) is 59.3 Å². The Kier molecular flexibility index (Phi) is 2.90. The maximum atomic E-state index is 12.1. The normalized spacial score (nSPS) is 47.3. The number of fused-ring (bicyclic) bond motifs is 5. The van der Waals surface area contributed by atoms with Gasteiger partial charge in [-0.1, -0.05) is 25.5 Å². The Morgan fingerprint density at radius 1 is 1.09 bits per heavy atom. The van der Waals surface area contributed by atoms with Crippen LogP contribution in [-0.2, 0) is 9.59 Å². The highest BCUT2D eigenvalue weighted by Gasteiger charge is 2.57. The van der Waals surface area contributed by atoms with Crippen molar-refractivity contribution in [3.05, 3.63) is 23.3 Å².